The van der Waals surface area contributed by atoms with Crippen molar-refractivity contribution in [3.63, 3.8) is 0 Å². The second-order valence-corrected chi connectivity index (χ2v) is 5.60. The Morgan fingerprint density at radius 3 is 2.50 bits per heavy atom. The number of amides is 1. The van der Waals surface area contributed by atoms with Crippen molar-refractivity contribution in [2.45, 2.75) is 6.92 Å². The molecule has 2 aromatic carbocycles. The summed E-state index contributed by atoms with van der Waals surface area (Å²) in [5.74, 6) is -0.793. The molecule has 144 valence electrons. The maximum absolute atomic E-state index is 12.6. The molecule has 1 aliphatic heterocycles. The minimum absolute atomic E-state index is 0.188. The molecule has 11 nitrogen and oxygen atoms in total. The van der Waals surface area contributed by atoms with Crippen LogP contribution in [0.15, 0.2) is 54.0 Å². The van der Waals surface area contributed by atoms with Gasteiger partial charge in [0.25, 0.3) is 5.69 Å². The number of nitro benzene ring substituents is 1. The number of carbonyl (C=O) groups is 1. The number of fused-ring (bicyclic) bond motifs is 1. The van der Waals surface area contributed by atoms with Gasteiger partial charge < -0.3 is 20.7 Å². The van der Waals surface area contributed by atoms with Crippen LogP contribution in [0.5, 0.6) is 5.75 Å². The lowest BCUT2D eigenvalue weighted by Gasteiger charge is -2.11. The van der Waals surface area contributed by atoms with E-state index in [9.17, 15) is 25.0 Å². The van der Waals surface area contributed by atoms with E-state index in [1.165, 1.54) is 18.2 Å². The van der Waals surface area contributed by atoms with Gasteiger partial charge >= 0.3 is 11.6 Å². The van der Waals surface area contributed by atoms with E-state index < -0.39 is 21.5 Å². The molecule has 0 bridgehead atoms. The fraction of sp³-hybridized carbons (Fsp3) is 0.118. The number of hydrogen-bond acceptors (Lipinski definition) is 8. The molecule has 1 heterocycles. The second-order valence-electron chi connectivity index (χ2n) is 5.60. The molecule has 1 aliphatic rings. The van der Waals surface area contributed by atoms with Gasteiger partial charge in [0.2, 0.25) is 0 Å². The molecule has 2 aromatic rings. The fourth-order valence-corrected chi connectivity index (χ4v) is 2.60. The van der Waals surface area contributed by atoms with Gasteiger partial charge in [-0.1, -0.05) is 12.1 Å². The molecule has 28 heavy (non-hydrogen) atoms. The highest BCUT2D eigenvalue weighted by Gasteiger charge is 2.33. The van der Waals surface area contributed by atoms with E-state index in [1.807, 2.05) is 0 Å². The van der Waals surface area contributed by atoms with Crippen molar-refractivity contribution in [3.05, 3.63) is 74.2 Å². The van der Waals surface area contributed by atoms with Crippen molar-refractivity contribution >= 4 is 28.7 Å². The smallest absolute Gasteiger partial charge is 0.373 e. The number of carbonyl (C=O) groups excluding carboxylic acids is 1. The molecule has 0 spiro atoms. The number of rotatable bonds is 6. The number of benzene rings is 2. The van der Waals surface area contributed by atoms with E-state index >= 15 is 0 Å². The van der Waals surface area contributed by atoms with Gasteiger partial charge in [-0.2, -0.15) is 0 Å². The number of anilines is 3. The van der Waals surface area contributed by atoms with Crippen LogP contribution in [0, 0.1) is 20.2 Å². The zero-order valence-electron chi connectivity index (χ0n) is 14.6. The average Bonchev–Trinajstić information content (AvgIpc) is 3.05. The number of non-ortho nitro benzene ring substituents is 1. The Morgan fingerprint density at radius 1 is 1.11 bits per heavy atom. The highest BCUT2D eigenvalue weighted by atomic mass is 16.6. The Labute approximate surface area is 158 Å². The van der Waals surface area contributed by atoms with Crippen LogP contribution >= 0.6 is 0 Å². The lowest BCUT2D eigenvalue weighted by Crippen LogP contribution is -2.25. The van der Waals surface area contributed by atoms with Crippen molar-refractivity contribution in [1.82, 2.24) is 0 Å². The van der Waals surface area contributed by atoms with Crippen LogP contribution < -0.4 is 20.7 Å². The molecule has 0 aliphatic carbocycles. The molecule has 3 rings (SSSR count). The summed E-state index contributed by atoms with van der Waals surface area (Å²) in [6, 6.07) is 10.4. The standard InChI is InChI=1S/C17H15N5O6/c1-2-28-14-6-4-3-5-12(14)20-17(23)15(22(26)27)16-18-11-8-7-10(21(24)25)9-13(11)19-16/h3-9,18-19H,2H2,1H3,(H,20,23). The normalized spacial score (nSPS) is 13.6. The molecular weight excluding hydrogens is 370 g/mol. The molecule has 0 saturated heterocycles. The van der Waals surface area contributed by atoms with Gasteiger partial charge in [-0.05, 0) is 25.1 Å². The van der Waals surface area contributed by atoms with Crippen LogP contribution in [0.3, 0.4) is 0 Å². The molecule has 3 N–H and O–H groups in total. The number of para-hydroxylation sites is 2. The molecular formula is C17H15N5O6. The number of ether oxygens (including phenoxy) is 1. The quantitative estimate of drug-likeness (QED) is 0.390. The molecule has 0 unspecified atom stereocenters. The van der Waals surface area contributed by atoms with E-state index in [4.69, 9.17) is 4.74 Å². The summed E-state index contributed by atoms with van der Waals surface area (Å²) in [6.07, 6.45) is 0. The number of nitro groups is 2. The minimum atomic E-state index is -0.977. The van der Waals surface area contributed by atoms with Crippen LogP contribution in [0.4, 0.5) is 22.7 Å². The molecule has 1 amide bonds. The first-order valence-electron chi connectivity index (χ1n) is 8.15. The predicted molar refractivity (Wildman–Crippen MR) is 101 cm³/mol. The van der Waals surface area contributed by atoms with Crippen molar-refractivity contribution in [1.29, 1.82) is 0 Å². The first kappa shape index (κ1) is 18.6. The van der Waals surface area contributed by atoms with Gasteiger partial charge in [0, 0.05) is 12.1 Å². The first-order valence-corrected chi connectivity index (χ1v) is 8.15. The molecule has 0 aromatic heterocycles. The van der Waals surface area contributed by atoms with Crippen molar-refractivity contribution < 1.29 is 19.4 Å². The van der Waals surface area contributed by atoms with Crippen LogP contribution in [-0.4, -0.2) is 22.4 Å². The van der Waals surface area contributed by atoms with E-state index in [2.05, 4.69) is 16.0 Å². The Bertz CT molecular complexity index is 1000. The van der Waals surface area contributed by atoms with Crippen molar-refractivity contribution in [2.24, 2.45) is 0 Å². The molecule has 11 heteroatoms. The SMILES string of the molecule is CCOc1ccccc1NC(=O)C(=C1Nc2ccc([N+](=O)[O-])cc2N1)[N+](=O)[O-]. The molecule has 0 fully saturated rings. The third-order valence-corrected chi connectivity index (χ3v) is 3.80. The van der Waals surface area contributed by atoms with Gasteiger partial charge in [-0.25, -0.2) is 0 Å². The lowest BCUT2D eigenvalue weighted by molar-refractivity contribution is -0.419. The van der Waals surface area contributed by atoms with E-state index in [1.54, 1.807) is 31.2 Å². The monoisotopic (exact) mass is 385 g/mol. The van der Waals surface area contributed by atoms with Gasteiger partial charge in [-0.15, -0.1) is 0 Å². The third kappa shape index (κ3) is 3.67. The Hall–Kier alpha value is -4.15. The summed E-state index contributed by atoms with van der Waals surface area (Å²) in [7, 11) is 0. The Kier molecular flexibility index (Phi) is 5.07. The number of nitrogens with one attached hydrogen (secondary N) is 3. The summed E-state index contributed by atoms with van der Waals surface area (Å²) in [4.78, 5) is 33.5. The lowest BCUT2D eigenvalue weighted by atomic mass is 10.2. The summed E-state index contributed by atoms with van der Waals surface area (Å²) in [6.45, 7) is 2.12. The topological polar surface area (TPSA) is 149 Å². The van der Waals surface area contributed by atoms with Gasteiger partial charge in [-0.3, -0.25) is 25.0 Å². The maximum Gasteiger partial charge on any atom is 0.373 e. The van der Waals surface area contributed by atoms with Crippen LogP contribution in [-0.2, 0) is 4.79 Å². The Balaban J connectivity index is 1.91. The highest BCUT2D eigenvalue weighted by molar-refractivity contribution is 6.04. The van der Waals surface area contributed by atoms with E-state index in [0.717, 1.165) is 0 Å². The maximum atomic E-state index is 12.6. The van der Waals surface area contributed by atoms with Crippen LogP contribution in [0.2, 0.25) is 0 Å². The van der Waals surface area contributed by atoms with Crippen LogP contribution in [0.1, 0.15) is 6.92 Å². The van der Waals surface area contributed by atoms with E-state index in [-0.39, 0.29) is 22.9 Å². The van der Waals surface area contributed by atoms with E-state index in [0.29, 0.717) is 18.0 Å². The zero-order valence-corrected chi connectivity index (χ0v) is 14.6. The van der Waals surface area contributed by atoms with Crippen LogP contribution in [0.25, 0.3) is 0 Å². The van der Waals surface area contributed by atoms with Gasteiger partial charge in [0.05, 0.1) is 33.5 Å². The summed E-state index contributed by atoms with van der Waals surface area (Å²) in [5.41, 5.74) is -0.0498. The summed E-state index contributed by atoms with van der Waals surface area (Å²) in [5, 5.41) is 30.2. The van der Waals surface area contributed by atoms with Gasteiger partial charge in [0.15, 0.2) is 5.82 Å². The second kappa shape index (κ2) is 7.61. The third-order valence-electron chi connectivity index (χ3n) is 3.80. The molecule has 0 atom stereocenters. The predicted octanol–water partition coefficient (Wildman–Crippen LogP) is 2.92. The zero-order chi connectivity index (χ0) is 20.3. The highest BCUT2D eigenvalue weighted by Crippen LogP contribution is 2.35. The van der Waals surface area contributed by atoms with Gasteiger partial charge in [0.1, 0.15) is 5.75 Å². The average molecular weight is 385 g/mol. The van der Waals surface area contributed by atoms with Crippen molar-refractivity contribution in [3.8, 4) is 5.75 Å². The number of hydrogen-bond donors (Lipinski definition) is 3. The summed E-state index contributed by atoms with van der Waals surface area (Å²) < 4.78 is 5.39. The summed E-state index contributed by atoms with van der Waals surface area (Å²) >= 11 is 0. The van der Waals surface area contributed by atoms with Crippen molar-refractivity contribution in [2.75, 3.05) is 22.6 Å². The first-order chi connectivity index (χ1) is 13.4. The number of nitrogens with zero attached hydrogens (tertiary/aromatic N) is 2. The molecule has 0 saturated carbocycles. The Morgan fingerprint density at radius 2 is 1.82 bits per heavy atom. The fourth-order valence-electron chi connectivity index (χ4n) is 2.60. The minimum Gasteiger partial charge on any atom is -0.492 e. The molecule has 0 radical (unpaired) electrons. The largest absolute Gasteiger partial charge is 0.492 e.